The Morgan fingerprint density at radius 2 is 2.58 bits per heavy atom. The molecule has 3 heteroatoms. The number of likely N-dealkylation sites (N-methyl/N-ethyl adjacent to an activating group) is 1. The van der Waals surface area contributed by atoms with Gasteiger partial charge in [-0.25, -0.2) is 0 Å². The van der Waals surface area contributed by atoms with Crippen LogP contribution in [0.5, 0.6) is 5.75 Å². The van der Waals surface area contributed by atoms with Gasteiger partial charge in [0.05, 0.1) is 6.10 Å². The minimum atomic E-state index is -2.71. The molecule has 0 amide bonds. The first-order valence-electron chi connectivity index (χ1n) is 5.88. The Morgan fingerprint density at radius 1 is 1.75 bits per heavy atom. The van der Waals surface area contributed by atoms with Gasteiger partial charge in [-0.05, 0) is 24.7 Å². The van der Waals surface area contributed by atoms with E-state index in [4.69, 9.17) is 6.85 Å². The molecule has 0 bridgehead atoms. The second-order valence-electron chi connectivity index (χ2n) is 2.27. The molecule has 0 aromatic heterocycles. The van der Waals surface area contributed by atoms with Crippen LogP contribution in [0.4, 0.5) is 0 Å². The van der Waals surface area contributed by atoms with Gasteiger partial charge in [0.25, 0.3) is 0 Å². The predicted molar refractivity (Wildman–Crippen MR) is 47.0 cm³/mol. The molecule has 1 rings (SSSR count). The highest BCUT2D eigenvalue weighted by atomic mass is 16.3. The molecule has 3 N–H and O–H groups in total. The van der Waals surface area contributed by atoms with Crippen LogP contribution >= 0.6 is 0 Å². The van der Waals surface area contributed by atoms with Gasteiger partial charge < -0.3 is 15.5 Å². The highest BCUT2D eigenvalue weighted by molar-refractivity contribution is 5.28. The number of hydrogen-bond acceptors (Lipinski definition) is 3. The van der Waals surface area contributed by atoms with E-state index in [1.54, 1.807) is 5.32 Å². The molecule has 0 saturated heterocycles. The van der Waals surface area contributed by atoms with E-state index in [-0.39, 0.29) is 11.3 Å². The van der Waals surface area contributed by atoms with Crippen LogP contribution < -0.4 is 5.32 Å². The molecule has 0 fully saturated rings. The van der Waals surface area contributed by atoms with E-state index in [0.717, 1.165) is 0 Å². The predicted octanol–water partition coefficient (Wildman–Crippen LogP) is 0.645. The average molecular weight is 172 g/mol. The van der Waals surface area contributed by atoms with Crippen molar-refractivity contribution in [1.82, 2.24) is 5.32 Å². The van der Waals surface area contributed by atoms with Crippen LogP contribution in [0, 0.1) is 0 Å². The van der Waals surface area contributed by atoms with Crippen LogP contribution in [0.2, 0.25) is 0 Å². The summed E-state index contributed by atoms with van der Waals surface area (Å²) in [6.45, 7) is -5.24. The van der Waals surface area contributed by atoms with Crippen molar-refractivity contribution in [3.05, 3.63) is 29.8 Å². The summed E-state index contributed by atoms with van der Waals surface area (Å²) in [4.78, 5) is 0. The van der Waals surface area contributed by atoms with Crippen molar-refractivity contribution in [2.45, 2.75) is 6.10 Å². The lowest BCUT2D eigenvalue weighted by Crippen LogP contribution is -2.16. The number of aliphatic hydroxyl groups is 1. The SMILES string of the molecule is [2H]C([2H])([2H])NC([2H])([2H])[C@H](O)c1cccc(O)c1. The zero-order valence-electron chi connectivity index (χ0n) is 11.3. The molecule has 1 aromatic carbocycles. The maximum absolute atomic E-state index is 9.74. The largest absolute Gasteiger partial charge is 0.508 e. The van der Waals surface area contributed by atoms with Crippen molar-refractivity contribution in [1.29, 1.82) is 0 Å². The molecular weight excluding hydrogens is 154 g/mol. The van der Waals surface area contributed by atoms with Gasteiger partial charge >= 0.3 is 0 Å². The normalized spacial score (nSPS) is 21.2. The van der Waals surface area contributed by atoms with Gasteiger partial charge in [-0.3, -0.25) is 0 Å². The Balaban J connectivity index is 2.92. The van der Waals surface area contributed by atoms with Crippen LogP contribution in [-0.4, -0.2) is 23.7 Å². The lowest BCUT2D eigenvalue weighted by molar-refractivity contribution is 0.177. The molecule has 0 saturated carbocycles. The summed E-state index contributed by atoms with van der Waals surface area (Å²) in [5.41, 5.74) is 0.0896. The fraction of sp³-hybridized carbons (Fsp3) is 0.333. The zero-order chi connectivity index (χ0) is 13.3. The number of aliphatic hydroxyl groups excluding tert-OH is 1. The van der Waals surface area contributed by atoms with Gasteiger partial charge in [-0.15, -0.1) is 0 Å². The summed E-state index contributed by atoms with van der Waals surface area (Å²) >= 11 is 0. The summed E-state index contributed by atoms with van der Waals surface area (Å²) in [6.07, 6.45) is -1.70. The van der Waals surface area contributed by atoms with Crippen LogP contribution in [0.15, 0.2) is 24.3 Å². The summed E-state index contributed by atoms with van der Waals surface area (Å²) in [6, 6.07) is 5.36. The standard InChI is InChI=1S/C9H13NO2/c1-10-6-9(12)7-3-2-4-8(11)5-7/h2-5,9-12H,6H2,1H3/t9-/m0/s1/i1D3,6D2. The first-order chi connectivity index (χ1) is 7.62. The van der Waals surface area contributed by atoms with Crippen LogP contribution in [0.25, 0.3) is 0 Å². The van der Waals surface area contributed by atoms with E-state index in [1.807, 2.05) is 0 Å². The molecule has 66 valence electrons. The van der Waals surface area contributed by atoms with Gasteiger partial charge in [0.1, 0.15) is 5.75 Å². The van der Waals surface area contributed by atoms with E-state index >= 15 is 0 Å². The van der Waals surface area contributed by atoms with Crippen LogP contribution in [-0.2, 0) is 0 Å². The van der Waals surface area contributed by atoms with Gasteiger partial charge in [-0.2, -0.15) is 0 Å². The number of phenolic OH excluding ortho intramolecular Hbond substituents is 1. The molecule has 1 atom stereocenters. The fourth-order valence-corrected chi connectivity index (χ4v) is 0.847. The van der Waals surface area contributed by atoms with Crippen molar-refractivity contribution < 1.29 is 17.1 Å². The Morgan fingerprint density at radius 3 is 3.25 bits per heavy atom. The summed E-state index contributed by atoms with van der Waals surface area (Å²) in [7, 11) is 0. The van der Waals surface area contributed by atoms with Gasteiger partial charge in [0, 0.05) is 13.4 Å². The topological polar surface area (TPSA) is 52.5 Å². The number of phenols is 1. The van der Waals surface area contributed by atoms with E-state index in [9.17, 15) is 10.2 Å². The third-order valence-corrected chi connectivity index (χ3v) is 1.39. The van der Waals surface area contributed by atoms with Gasteiger partial charge in [0.2, 0.25) is 0 Å². The van der Waals surface area contributed by atoms with Crippen LogP contribution in [0.3, 0.4) is 0 Å². The monoisotopic (exact) mass is 172 g/mol. The van der Waals surface area contributed by atoms with E-state index in [0.29, 0.717) is 0 Å². The Bertz CT molecular complexity index is 393. The minimum absolute atomic E-state index is 0.0896. The van der Waals surface area contributed by atoms with E-state index in [1.165, 1.54) is 24.3 Å². The lowest BCUT2D eigenvalue weighted by atomic mass is 10.1. The Hall–Kier alpha value is -1.06. The molecule has 0 heterocycles. The van der Waals surface area contributed by atoms with Crippen molar-refractivity contribution in [3.8, 4) is 5.75 Å². The lowest BCUT2D eigenvalue weighted by Gasteiger charge is -2.09. The third-order valence-electron chi connectivity index (χ3n) is 1.39. The van der Waals surface area contributed by atoms with Crippen LogP contribution in [0.1, 0.15) is 18.5 Å². The molecular formula is C9H13NO2. The van der Waals surface area contributed by atoms with Crippen molar-refractivity contribution in [2.75, 3.05) is 13.5 Å². The van der Waals surface area contributed by atoms with Gasteiger partial charge in [0.15, 0.2) is 0 Å². The van der Waals surface area contributed by atoms with Crippen molar-refractivity contribution >= 4 is 0 Å². The first-order valence-corrected chi connectivity index (χ1v) is 3.38. The fourth-order valence-electron chi connectivity index (χ4n) is 0.847. The van der Waals surface area contributed by atoms with Crippen molar-refractivity contribution in [2.24, 2.45) is 0 Å². The Kier molecular flexibility index (Phi) is 1.45. The molecule has 0 radical (unpaired) electrons. The zero-order valence-corrected chi connectivity index (χ0v) is 6.28. The third kappa shape index (κ3) is 2.22. The molecule has 0 spiro atoms. The summed E-state index contributed by atoms with van der Waals surface area (Å²) in [5, 5.41) is 20.6. The maximum atomic E-state index is 9.74. The maximum Gasteiger partial charge on any atom is 0.115 e. The average Bonchev–Trinajstić information content (AvgIpc) is 2.12. The molecule has 0 aliphatic rings. The summed E-state index contributed by atoms with van der Waals surface area (Å²) in [5.74, 6) is -0.133. The van der Waals surface area contributed by atoms with E-state index < -0.39 is 19.6 Å². The molecule has 0 aliphatic carbocycles. The Labute approximate surface area is 78.7 Å². The number of rotatable bonds is 3. The smallest absolute Gasteiger partial charge is 0.115 e. The highest BCUT2D eigenvalue weighted by Gasteiger charge is 2.05. The molecule has 1 aromatic rings. The number of hydrogen-bond donors (Lipinski definition) is 3. The first kappa shape index (κ1) is 4.25. The van der Waals surface area contributed by atoms with Gasteiger partial charge in [-0.1, -0.05) is 12.1 Å². The minimum Gasteiger partial charge on any atom is -0.508 e. The molecule has 12 heavy (non-hydrogen) atoms. The van der Waals surface area contributed by atoms with Crippen molar-refractivity contribution in [3.63, 3.8) is 0 Å². The number of aromatic hydroxyl groups is 1. The molecule has 3 nitrogen and oxygen atoms in total. The quantitative estimate of drug-likeness (QED) is 0.627. The van der Waals surface area contributed by atoms with E-state index in [2.05, 4.69) is 0 Å². The molecule has 0 unspecified atom stereocenters. The second-order valence-corrected chi connectivity index (χ2v) is 2.27. The number of nitrogens with one attached hydrogen (secondary N) is 1. The highest BCUT2D eigenvalue weighted by Crippen LogP contribution is 2.17. The number of benzene rings is 1. The molecule has 0 aliphatic heterocycles. The summed E-state index contributed by atoms with van der Waals surface area (Å²) < 4.78 is 35.6. The second kappa shape index (κ2) is 4.09.